The van der Waals surface area contributed by atoms with Crippen molar-refractivity contribution in [1.82, 2.24) is 0 Å². The molecule has 2 nitrogen and oxygen atoms in total. The quantitative estimate of drug-likeness (QED) is 0.677. The van der Waals surface area contributed by atoms with Crippen molar-refractivity contribution in [2.24, 2.45) is 5.73 Å². The van der Waals surface area contributed by atoms with Crippen LogP contribution in [0.2, 0.25) is 0 Å². The van der Waals surface area contributed by atoms with E-state index in [1.807, 2.05) is 0 Å². The molecule has 0 saturated carbocycles. The van der Waals surface area contributed by atoms with Gasteiger partial charge in [0.1, 0.15) is 11.6 Å². The molecule has 0 spiro atoms. The van der Waals surface area contributed by atoms with Crippen LogP contribution in [0.3, 0.4) is 0 Å². The molecule has 0 aliphatic rings. The van der Waals surface area contributed by atoms with Crippen LogP contribution >= 0.6 is 0 Å². The average molecular weight is 171 g/mol. The first-order valence-electron chi connectivity index (χ1n) is 3.33. The van der Waals surface area contributed by atoms with Gasteiger partial charge in [-0.1, -0.05) is 0 Å². The number of hydrogen-bond donors (Lipinski definition) is 1. The average Bonchev–Trinajstić information content (AvgIpc) is 2.01. The minimum absolute atomic E-state index is 0.0324. The molecular formula is C8H7F2NO. The molecule has 4 heteroatoms. The van der Waals surface area contributed by atoms with Gasteiger partial charge < -0.3 is 5.73 Å². The van der Waals surface area contributed by atoms with E-state index in [9.17, 15) is 13.6 Å². The van der Waals surface area contributed by atoms with E-state index in [1.54, 1.807) is 0 Å². The summed E-state index contributed by atoms with van der Waals surface area (Å²) in [4.78, 5) is 10.9. The van der Waals surface area contributed by atoms with E-state index >= 15 is 0 Å². The normalized spacial score (nSPS) is 9.92. The molecule has 12 heavy (non-hydrogen) atoms. The van der Waals surface area contributed by atoms with Crippen LogP contribution in [-0.4, -0.2) is 12.3 Å². The first-order valence-corrected chi connectivity index (χ1v) is 3.33. The number of benzene rings is 1. The predicted molar refractivity (Wildman–Crippen MR) is 39.7 cm³/mol. The lowest BCUT2D eigenvalue weighted by molar-refractivity contribution is 0.100. The van der Waals surface area contributed by atoms with Crippen LogP contribution in [0.15, 0.2) is 18.2 Å². The summed E-state index contributed by atoms with van der Waals surface area (Å²) in [6.07, 6.45) is 0. The third kappa shape index (κ3) is 1.85. The Kier molecular flexibility index (Phi) is 2.50. The van der Waals surface area contributed by atoms with Crippen molar-refractivity contribution in [2.75, 3.05) is 6.54 Å². The zero-order valence-corrected chi connectivity index (χ0v) is 6.18. The van der Waals surface area contributed by atoms with Gasteiger partial charge in [-0.05, 0) is 12.1 Å². The van der Waals surface area contributed by atoms with Gasteiger partial charge in [0.25, 0.3) is 0 Å². The molecule has 0 atom stereocenters. The third-order valence-electron chi connectivity index (χ3n) is 1.37. The first kappa shape index (κ1) is 8.80. The molecule has 2 N–H and O–H groups in total. The van der Waals surface area contributed by atoms with E-state index in [0.29, 0.717) is 6.07 Å². The Balaban J connectivity index is 3.08. The molecule has 0 aliphatic carbocycles. The van der Waals surface area contributed by atoms with Gasteiger partial charge in [0.2, 0.25) is 0 Å². The number of ketones is 1. The Morgan fingerprint density at radius 1 is 1.25 bits per heavy atom. The number of nitrogens with two attached hydrogens (primary N) is 1. The molecule has 0 aliphatic heterocycles. The fourth-order valence-corrected chi connectivity index (χ4v) is 0.833. The van der Waals surface area contributed by atoms with E-state index in [-0.39, 0.29) is 12.1 Å². The van der Waals surface area contributed by atoms with Crippen molar-refractivity contribution >= 4 is 5.78 Å². The topological polar surface area (TPSA) is 43.1 Å². The number of carbonyl (C=O) groups excluding carboxylic acids is 1. The molecular weight excluding hydrogens is 164 g/mol. The molecule has 0 saturated heterocycles. The fourth-order valence-electron chi connectivity index (χ4n) is 0.833. The number of Topliss-reactive ketones (excluding diaryl/α,β-unsaturated/α-hetero) is 1. The van der Waals surface area contributed by atoms with Crippen LogP contribution in [0.25, 0.3) is 0 Å². The van der Waals surface area contributed by atoms with E-state index in [0.717, 1.165) is 12.1 Å². The Hall–Kier alpha value is -1.29. The van der Waals surface area contributed by atoms with Gasteiger partial charge in [-0.15, -0.1) is 0 Å². The highest BCUT2D eigenvalue weighted by Gasteiger charge is 2.06. The highest BCUT2D eigenvalue weighted by atomic mass is 19.1. The zero-order chi connectivity index (χ0) is 9.14. The fraction of sp³-hybridized carbons (Fsp3) is 0.125. The summed E-state index contributed by atoms with van der Waals surface area (Å²) in [7, 11) is 0. The molecule has 0 aromatic heterocycles. The van der Waals surface area contributed by atoms with Gasteiger partial charge >= 0.3 is 0 Å². The largest absolute Gasteiger partial charge is 0.324 e. The molecule has 1 aromatic carbocycles. The van der Waals surface area contributed by atoms with E-state index in [2.05, 4.69) is 0 Å². The lowest BCUT2D eigenvalue weighted by atomic mass is 10.1. The Bertz CT molecular complexity index is 292. The van der Waals surface area contributed by atoms with Crippen LogP contribution in [0.1, 0.15) is 10.4 Å². The van der Waals surface area contributed by atoms with Crippen LogP contribution in [0.5, 0.6) is 0 Å². The summed E-state index contributed by atoms with van der Waals surface area (Å²) in [5.41, 5.74) is 4.98. The van der Waals surface area contributed by atoms with Crippen molar-refractivity contribution < 1.29 is 13.6 Å². The summed E-state index contributed by atoms with van der Waals surface area (Å²) in [6, 6.07) is 2.61. The van der Waals surface area contributed by atoms with E-state index < -0.39 is 17.4 Å². The summed E-state index contributed by atoms with van der Waals surface area (Å²) < 4.78 is 25.0. The molecule has 0 fully saturated rings. The van der Waals surface area contributed by atoms with Crippen LogP contribution in [0, 0.1) is 11.6 Å². The summed E-state index contributed by atoms with van der Waals surface area (Å²) >= 11 is 0. The van der Waals surface area contributed by atoms with Gasteiger partial charge in [0.05, 0.1) is 6.54 Å². The van der Waals surface area contributed by atoms with Crippen molar-refractivity contribution in [3.8, 4) is 0 Å². The molecule has 0 heterocycles. The van der Waals surface area contributed by atoms with Crippen molar-refractivity contribution in [3.05, 3.63) is 35.4 Å². The van der Waals surface area contributed by atoms with Crippen LogP contribution < -0.4 is 5.73 Å². The second-order valence-corrected chi connectivity index (χ2v) is 2.29. The molecule has 0 amide bonds. The van der Waals surface area contributed by atoms with Gasteiger partial charge in [-0.2, -0.15) is 0 Å². The van der Waals surface area contributed by atoms with Gasteiger partial charge in [0.15, 0.2) is 5.78 Å². The number of carbonyl (C=O) groups is 1. The molecule has 0 unspecified atom stereocenters. The van der Waals surface area contributed by atoms with Gasteiger partial charge in [-0.25, -0.2) is 8.78 Å². The lowest BCUT2D eigenvalue weighted by Gasteiger charge is -1.97. The predicted octanol–water partition coefficient (Wildman–Crippen LogP) is 1.11. The third-order valence-corrected chi connectivity index (χ3v) is 1.37. The second kappa shape index (κ2) is 3.40. The van der Waals surface area contributed by atoms with Crippen molar-refractivity contribution in [1.29, 1.82) is 0 Å². The summed E-state index contributed by atoms with van der Waals surface area (Å²) in [5.74, 6) is -2.02. The maximum absolute atomic E-state index is 12.5. The SMILES string of the molecule is NCC(=O)c1cc(F)cc(F)c1. The van der Waals surface area contributed by atoms with Crippen LogP contribution in [-0.2, 0) is 0 Å². The number of halogens is 2. The number of hydrogen-bond acceptors (Lipinski definition) is 2. The lowest BCUT2D eigenvalue weighted by Crippen LogP contribution is -2.13. The zero-order valence-electron chi connectivity index (χ0n) is 6.18. The van der Waals surface area contributed by atoms with Crippen molar-refractivity contribution in [3.63, 3.8) is 0 Å². The summed E-state index contributed by atoms with van der Waals surface area (Å²) in [6.45, 7) is -0.247. The molecule has 1 rings (SSSR count). The van der Waals surface area contributed by atoms with Gasteiger partial charge in [0, 0.05) is 11.6 Å². The number of rotatable bonds is 2. The first-order chi connectivity index (χ1) is 5.63. The van der Waals surface area contributed by atoms with Crippen molar-refractivity contribution in [2.45, 2.75) is 0 Å². The minimum atomic E-state index is -0.771. The smallest absolute Gasteiger partial charge is 0.176 e. The minimum Gasteiger partial charge on any atom is -0.324 e. The van der Waals surface area contributed by atoms with Gasteiger partial charge in [-0.3, -0.25) is 4.79 Å². The van der Waals surface area contributed by atoms with E-state index in [1.165, 1.54) is 0 Å². The summed E-state index contributed by atoms with van der Waals surface area (Å²) in [5, 5.41) is 0. The monoisotopic (exact) mass is 171 g/mol. The molecule has 0 bridgehead atoms. The molecule has 1 aromatic rings. The standard InChI is InChI=1S/C8H7F2NO/c9-6-1-5(8(12)4-11)2-7(10)3-6/h1-3H,4,11H2. The Labute approximate surface area is 68.0 Å². The van der Waals surface area contributed by atoms with Crippen LogP contribution in [0.4, 0.5) is 8.78 Å². The maximum atomic E-state index is 12.5. The molecule has 0 radical (unpaired) electrons. The second-order valence-electron chi connectivity index (χ2n) is 2.29. The highest BCUT2D eigenvalue weighted by molar-refractivity contribution is 5.97. The Morgan fingerprint density at radius 2 is 1.75 bits per heavy atom. The molecule has 64 valence electrons. The maximum Gasteiger partial charge on any atom is 0.176 e. The Morgan fingerprint density at radius 3 is 2.17 bits per heavy atom. The highest BCUT2D eigenvalue weighted by Crippen LogP contribution is 2.07. The van der Waals surface area contributed by atoms with E-state index in [4.69, 9.17) is 5.73 Å².